The van der Waals surface area contributed by atoms with Crippen LogP contribution in [0, 0.1) is 5.92 Å². The number of nitrogens with one attached hydrogen (secondary N) is 1. The number of hydrogen-bond acceptors (Lipinski definition) is 4. The van der Waals surface area contributed by atoms with Gasteiger partial charge in [-0.3, -0.25) is 4.68 Å². The van der Waals surface area contributed by atoms with Crippen LogP contribution in [0.5, 0.6) is 0 Å². The molecule has 1 aromatic heterocycles. The van der Waals surface area contributed by atoms with Crippen LogP contribution in [-0.2, 0) is 16.6 Å². The molecule has 20 heavy (non-hydrogen) atoms. The zero-order chi connectivity index (χ0) is 14.8. The summed E-state index contributed by atoms with van der Waals surface area (Å²) in [5.74, 6) is 0.810. The Labute approximate surface area is 120 Å². The summed E-state index contributed by atoms with van der Waals surface area (Å²) in [6.07, 6.45) is 6.66. The van der Waals surface area contributed by atoms with Crippen LogP contribution >= 0.6 is 0 Å². The normalized spacial score (nSPS) is 23.9. The second-order valence-electron chi connectivity index (χ2n) is 5.48. The van der Waals surface area contributed by atoms with Crippen molar-refractivity contribution in [2.45, 2.75) is 63.4 Å². The highest BCUT2D eigenvalue weighted by molar-refractivity contribution is 7.89. The molecule has 6 nitrogen and oxygen atoms in total. The Kier molecular flexibility index (Phi) is 4.70. The first-order valence-electron chi connectivity index (χ1n) is 7.31. The molecule has 1 aliphatic carbocycles. The van der Waals surface area contributed by atoms with Crippen molar-refractivity contribution in [3.63, 3.8) is 0 Å². The summed E-state index contributed by atoms with van der Waals surface area (Å²) in [4.78, 5) is 0.0944. The molecule has 0 aliphatic heterocycles. The molecule has 1 aliphatic rings. The van der Waals surface area contributed by atoms with Crippen molar-refractivity contribution in [1.29, 1.82) is 0 Å². The van der Waals surface area contributed by atoms with E-state index in [1.165, 1.54) is 17.3 Å². The molecule has 7 heteroatoms. The van der Waals surface area contributed by atoms with Crippen LogP contribution in [0.15, 0.2) is 11.1 Å². The summed E-state index contributed by atoms with van der Waals surface area (Å²) >= 11 is 0. The predicted octanol–water partition coefficient (Wildman–Crippen LogP) is 1.73. The first-order valence-corrected chi connectivity index (χ1v) is 8.79. The molecular formula is C13H24N4O2S. The zero-order valence-corrected chi connectivity index (χ0v) is 13.0. The van der Waals surface area contributed by atoms with Gasteiger partial charge in [-0.15, -0.1) is 0 Å². The van der Waals surface area contributed by atoms with E-state index in [1.54, 1.807) is 0 Å². The molecule has 0 saturated heterocycles. The van der Waals surface area contributed by atoms with Gasteiger partial charge in [0.2, 0.25) is 10.0 Å². The quantitative estimate of drug-likeness (QED) is 0.866. The second-order valence-corrected chi connectivity index (χ2v) is 7.16. The van der Waals surface area contributed by atoms with Crippen LogP contribution in [0.4, 0.5) is 5.82 Å². The summed E-state index contributed by atoms with van der Waals surface area (Å²) < 4.78 is 29.0. The number of nitrogen functional groups attached to an aromatic ring is 1. The number of aryl methyl sites for hydroxylation is 1. The monoisotopic (exact) mass is 300 g/mol. The van der Waals surface area contributed by atoms with E-state index < -0.39 is 10.0 Å². The van der Waals surface area contributed by atoms with Crippen LogP contribution in [-0.4, -0.2) is 24.2 Å². The summed E-state index contributed by atoms with van der Waals surface area (Å²) in [6, 6.07) is 0.0205. The Hall–Kier alpha value is -1.08. The highest BCUT2D eigenvalue weighted by Gasteiger charge is 2.27. The molecule has 1 heterocycles. The fourth-order valence-electron chi connectivity index (χ4n) is 2.76. The smallest absolute Gasteiger partial charge is 0.246 e. The van der Waals surface area contributed by atoms with Gasteiger partial charge in [-0.1, -0.05) is 13.3 Å². The van der Waals surface area contributed by atoms with E-state index in [4.69, 9.17) is 5.73 Å². The van der Waals surface area contributed by atoms with Crippen molar-refractivity contribution in [1.82, 2.24) is 14.5 Å². The van der Waals surface area contributed by atoms with Crippen LogP contribution in [0.3, 0.4) is 0 Å². The molecule has 0 aromatic carbocycles. The summed E-state index contributed by atoms with van der Waals surface area (Å²) in [7, 11) is -3.56. The lowest BCUT2D eigenvalue weighted by Crippen LogP contribution is -2.37. The minimum absolute atomic E-state index is 0.0205. The lowest BCUT2D eigenvalue weighted by molar-refractivity contribution is 0.306. The first-order chi connectivity index (χ1) is 9.46. The minimum atomic E-state index is -3.56. The lowest BCUT2D eigenvalue weighted by atomic mass is 9.85. The Balaban J connectivity index is 2.06. The van der Waals surface area contributed by atoms with E-state index in [0.717, 1.165) is 31.6 Å². The molecule has 0 amide bonds. The molecular weight excluding hydrogens is 276 g/mol. The number of anilines is 1. The molecule has 3 N–H and O–H groups in total. The third kappa shape index (κ3) is 3.32. The Morgan fingerprint density at radius 3 is 2.50 bits per heavy atom. The van der Waals surface area contributed by atoms with Crippen molar-refractivity contribution in [3.05, 3.63) is 6.20 Å². The van der Waals surface area contributed by atoms with Crippen molar-refractivity contribution in [2.24, 2.45) is 5.92 Å². The minimum Gasteiger partial charge on any atom is -0.381 e. The standard InChI is InChI=1S/C13H24N4O2S/c1-3-10-5-7-11(8-6-10)16-20(18,19)12-9-17(4-2)15-13(12)14/h9-11,16H,3-8H2,1-2H3,(H2,14,15). The topological polar surface area (TPSA) is 90.0 Å². The van der Waals surface area contributed by atoms with E-state index in [-0.39, 0.29) is 16.8 Å². The average Bonchev–Trinajstić information content (AvgIpc) is 2.81. The van der Waals surface area contributed by atoms with Gasteiger partial charge in [0, 0.05) is 18.8 Å². The van der Waals surface area contributed by atoms with E-state index in [9.17, 15) is 8.42 Å². The van der Waals surface area contributed by atoms with Gasteiger partial charge in [0.05, 0.1) is 0 Å². The summed E-state index contributed by atoms with van der Waals surface area (Å²) in [5.41, 5.74) is 5.70. The maximum atomic E-state index is 12.4. The van der Waals surface area contributed by atoms with Gasteiger partial charge >= 0.3 is 0 Å². The van der Waals surface area contributed by atoms with Gasteiger partial charge in [0.1, 0.15) is 4.90 Å². The third-order valence-corrected chi connectivity index (χ3v) is 5.65. The van der Waals surface area contributed by atoms with E-state index in [2.05, 4.69) is 16.7 Å². The SMILES string of the molecule is CCC1CCC(NS(=O)(=O)c2cn(CC)nc2N)CC1. The highest BCUT2D eigenvalue weighted by atomic mass is 32.2. The van der Waals surface area contributed by atoms with Crippen molar-refractivity contribution in [2.75, 3.05) is 5.73 Å². The van der Waals surface area contributed by atoms with Gasteiger partial charge in [0.15, 0.2) is 5.82 Å². The number of nitrogens with zero attached hydrogens (tertiary/aromatic N) is 2. The second kappa shape index (κ2) is 6.13. The van der Waals surface area contributed by atoms with Gasteiger partial charge in [-0.25, -0.2) is 13.1 Å². The predicted molar refractivity (Wildman–Crippen MR) is 78.7 cm³/mol. The van der Waals surface area contributed by atoms with Gasteiger partial charge in [-0.2, -0.15) is 5.10 Å². The maximum Gasteiger partial charge on any atom is 0.246 e. The number of nitrogens with two attached hydrogens (primary N) is 1. The van der Waals surface area contributed by atoms with Crippen LogP contribution in [0.25, 0.3) is 0 Å². The zero-order valence-electron chi connectivity index (χ0n) is 12.2. The fourth-order valence-corrected chi connectivity index (χ4v) is 4.14. The molecule has 1 fully saturated rings. The molecule has 0 bridgehead atoms. The Morgan fingerprint density at radius 2 is 2.00 bits per heavy atom. The van der Waals surface area contributed by atoms with Crippen LogP contribution in [0.1, 0.15) is 46.0 Å². The molecule has 1 aromatic rings. The van der Waals surface area contributed by atoms with E-state index in [0.29, 0.717) is 6.54 Å². The molecule has 0 unspecified atom stereocenters. The van der Waals surface area contributed by atoms with Crippen molar-refractivity contribution in [3.8, 4) is 0 Å². The number of hydrogen-bond donors (Lipinski definition) is 2. The Bertz CT molecular complexity index is 545. The van der Waals surface area contributed by atoms with Crippen molar-refractivity contribution >= 4 is 15.8 Å². The van der Waals surface area contributed by atoms with E-state index in [1.807, 2.05) is 6.92 Å². The van der Waals surface area contributed by atoms with Gasteiger partial charge in [0.25, 0.3) is 0 Å². The molecule has 1 saturated carbocycles. The fraction of sp³-hybridized carbons (Fsp3) is 0.769. The first kappa shape index (κ1) is 15.3. The van der Waals surface area contributed by atoms with Crippen molar-refractivity contribution < 1.29 is 8.42 Å². The summed E-state index contributed by atoms with van der Waals surface area (Å²) in [6.45, 7) is 4.68. The lowest BCUT2D eigenvalue weighted by Gasteiger charge is -2.28. The van der Waals surface area contributed by atoms with Gasteiger partial charge in [-0.05, 0) is 38.5 Å². The number of sulfonamides is 1. The van der Waals surface area contributed by atoms with E-state index >= 15 is 0 Å². The largest absolute Gasteiger partial charge is 0.381 e. The maximum absolute atomic E-state index is 12.4. The highest BCUT2D eigenvalue weighted by Crippen LogP contribution is 2.28. The number of rotatable bonds is 5. The third-order valence-electron chi connectivity index (χ3n) is 4.11. The molecule has 0 radical (unpaired) electrons. The van der Waals surface area contributed by atoms with Crippen LogP contribution in [0.2, 0.25) is 0 Å². The average molecular weight is 300 g/mol. The van der Waals surface area contributed by atoms with Crippen LogP contribution < -0.4 is 10.5 Å². The molecule has 0 spiro atoms. The number of aromatic nitrogens is 2. The molecule has 2 rings (SSSR count). The molecule has 114 valence electrons. The Morgan fingerprint density at radius 1 is 1.35 bits per heavy atom. The molecule has 0 atom stereocenters. The van der Waals surface area contributed by atoms with Gasteiger partial charge < -0.3 is 5.73 Å². The summed E-state index contributed by atoms with van der Waals surface area (Å²) in [5, 5.41) is 3.99.